The van der Waals surface area contributed by atoms with E-state index in [0.717, 1.165) is 36.7 Å². The molecular weight excluding hydrogens is 314 g/mol. The molecule has 0 bridgehead atoms. The van der Waals surface area contributed by atoms with Crippen molar-refractivity contribution < 1.29 is 4.52 Å². The SMILES string of the molecule is CC(C)(C)Nc1ccc(-c2noc([C@@]34CCCC[C@@H]3NCC4)n2)nc1. The highest BCUT2D eigenvalue weighted by atomic mass is 16.5. The van der Waals surface area contributed by atoms with E-state index in [4.69, 9.17) is 9.51 Å². The third-order valence-corrected chi connectivity index (χ3v) is 5.36. The standard InChI is InChI=1S/C19H27N5O/c1-18(2,3)23-13-7-8-14(21-12-13)16-22-17(25-24-16)19-9-5-4-6-15(19)20-11-10-19/h7-8,12,15,20,23H,4-6,9-11H2,1-3H3/t15-,19+/m0/s1. The molecule has 2 aliphatic rings. The molecule has 0 aromatic carbocycles. The van der Waals surface area contributed by atoms with E-state index in [1.165, 1.54) is 19.3 Å². The molecular formula is C19H27N5O. The quantitative estimate of drug-likeness (QED) is 0.890. The molecule has 1 saturated carbocycles. The van der Waals surface area contributed by atoms with E-state index in [-0.39, 0.29) is 11.0 Å². The Kier molecular flexibility index (Phi) is 4.02. The monoisotopic (exact) mass is 341 g/mol. The van der Waals surface area contributed by atoms with Crippen molar-refractivity contribution in [3.63, 3.8) is 0 Å². The highest BCUT2D eigenvalue weighted by Crippen LogP contribution is 2.44. The van der Waals surface area contributed by atoms with E-state index in [1.807, 2.05) is 18.3 Å². The summed E-state index contributed by atoms with van der Waals surface area (Å²) in [6.45, 7) is 7.42. The van der Waals surface area contributed by atoms with Crippen LogP contribution in [-0.4, -0.2) is 33.3 Å². The minimum atomic E-state index is 0.00708. The van der Waals surface area contributed by atoms with Gasteiger partial charge >= 0.3 is 0 Å². The zero-order valence-corrected chi connectivity index (χ0v) is 15.3. The normalized spacial score (nSPS) is 26.4. The topological polar surface area (TPSA) is 75.9 Å². The van der Waals surface area contributed by atoms with Crippen molar-refractivity contribution in [3.05, 3.63) is 24.2 Å². The van der Waals surface area contributed by atoms with Crippen LogP contribution < -0.4 is 10.6 Å². The predicted molar refractivity (Wildman–Crippen MR) is 97.5 cm³/mol. The molecule has 1 aliphatic heterocycles. The second-order valence-corrected chi connectivity index (χ2v) is 8.39. The third-order valence-electron chi connectivity index (χ3n) is 5.36. The van der Waals surface area contributed by atoms with Crippen molar-refractivity contribution in [1.29, 1.82) is 0 Å². The molecule has 134 valence electrons. The van der Waals surface area contributed by atoms with Gasteiger partial charge in [-0.15, -0.1) is 0 Å². The summed E-state index contributed by atoms with van der Waals surface area (Å²) in [5, 5.41) is 11.3. The van der Waals surface area contributed by atoms with Gasteiger partial charge in [0.2, 0.25) is 11.7 Å². The van der Waals surface area contributed by atoms with Crippen LogP contribution in [0.1, 0.15) is 58.8 Å². The van der Waals surface area contributed by atoms with Gasteiger partial charge in [-0.25, -0.2) is 0 Å². The van der Waals surface area contributed by atoms with Gasteiger partial charge in [-0.2, -0.15) is 4.98 Å². The summed E-state index contributed by atoms with van der Waals surface area (Å²) >= 11 is 0. The van der Waals surface area contributed by atoms with E-state index >= 15 is 0 Å². The van der Waals surface area contributed by atoms with E-state index in [0.29, 0.717) is 11.9 Å². The smallest absolute Gasteiger partial charge is 0.234 e. The van der Waals surface area contributed by atoms with Crippen molar-refractivity contribution in [2.45, 2.75) is 69.9 Å². The fraction of sp³-hybridized carbons (Fsp3) is 0.632. The molecule has 0 radical (unpaired) electrons. The number of hydrogen-bond acceptors (Lipinski definition) is 6. The number of fused-ring (bicyclic) bond motifs is 1. The second kappa shape index (κ2) is 6.09. The van der Waals surface area contributed by atoms with Crippen molar-refractivity contribution in [1.82, 2.24) is 20.4 Å². The summed E-state index contributed by atoms with van der Waals surface area (Å²) in [5.74, 6) is 1.37. The van der Waals surface area contributed by atoms with Gasteiger partial charge in [-0.05, 0) is 58.7 Å². The fourth-order valence-corrected chi connectivity index (χ4v) is 4.23. The summed E-state index contributed by atoms with van der Waals surface area (Å²) in [6, 6.07) is 4.44. The van der Waals surface area contributed by atoms with E-state index in [2.05, 4.69) is 41.5 Å². The Bertz CT molecular complexity index is 733. The van der Waals surface area contributed by atoms with Crippen LogP contribution in [-0.2, 0) is 5.41 Å². The summed E-state index contributed by atoms with van der Waals surface area (Å²) < 4.78 is 5.72. The summed E-state index contributed by atoms with van der Waals surface area (Å²) in [5.41, 5.74) is 1.78. The lowest BCUT2D eigenvalue weighted by molar-refractivity contribution is 0.199. The molecule has 4 rings (SSSR count). The van der Waals surface area contributed by atoms with Gasteiger partial charge in [-0.1, -0.05) is 18.0 Å². The Morgan fingerprint density at radius 3 is 2.88 bits per heavy atom. The largest absolute Gasteiger partial charge is 0.379 e. The van der Waals surface area contributed by atoms with E-state index in [9.17, 15) is 0 Å². The minimum absolute atomic E-state index is 0.00708. The predicted octanol–water partition coefficient (Wildman–Crippen LogP) is 3.52. The maximum absolute atomic E-state index is 5.72. The lowest BCUT2D eigenvalue weighted by Gasteiger charge is -2.35. The van der Waals surface area contributed by atoms with Gasteiger partial charge < -0.3 is 15.2 Å². The first-order chi connectivity index (χ1) is 12.0. The minimum Gasteiger partial charge on any atom is -0.379 e. The van der Waals surface area contributed by atoms with Crippen molar-refractivity contribution in [2.24, 2.45) is 0 Å². The number of anilines is 1. The molecule has 2 N–H and O–H groups in total. The summed E-state index contributed by atoms with van der Waals surface area (Å²) in [7, 11) is 0. The van der Waals surface area contributed by atoms with E-state index < -0.39 is 0 Å². The maximum Gasteiger partial charge on any atom is 0.234 e. The lowest BCUT2D eigenvalue weighted by atomic mass is 9.70. The van der Waals surface area contributed by atoms with Crippen molar-refractivity contribution in [2.75, 3.05) is 11.9 Å². The van der Waals surface area contributed by atoms with Crippen molar-refractivity contribution >= 4 is 5.69 Å². The average molecular weight is 341 g/mol. The summed E-state index contributed by atoms with van der Waals surface area (Å²) in [6.07, 6.45) is 7.76. The molecule has 6 nitrogen and oxygen atoms in total. The molecule has 2 atom stereocenters. The molecule has 1 aliphatic carbocycles. The zero-order valence-electron chi connectivity index (χ0n) is 15.3. The van der Waals surface area contributed by atoms with E-state index in [1.54, 1.807) is 0 Å². The molecule has 1 saturated heterocycles. The van der Waals surface area contributed by atoms with Gasteiger partial charge in [0.05, 0.1) is 17.3 Å². The van der Waals surface area contributed by atoms with Crippen LogP contribution in [0.3, 0.4) is 0 Å². The summed E-state index contributed by atoms with van der Waals surface area (Å²) in [4.78, 5) is 9.25. The maximum atomic E-state index is 5.72. The molecule has 3 heterocycles. The number of nitrogens with one attached hydrogen (secondary N) is 2. The molecule has 6 heteroatoms. The number of rotatable bonds is 3. The highest BCUT2D eigenvalue weighted by Gasteiger charge is 2.49. The number of nitrogens with zero attached hydrogens (tertiary/aromatic N) is 3. The van der Waals surface area contributed by atoms with Gasteiger partial charge in [0, 0.05) is 11.6 Å². The van der Waals surface area contributed by atoms with Gasteiger partial charge in [0.25, 0.3) is 0 Å². The molecule has 2 aromatic rings. The molecule has 0 amide bonds. The Morgan fingerprint density at radius 1 is 1.24 bits per heavy atom. The Balaban J connectivity index is 1.57. The number of aromatic nitrogens is 3. The molecule has 0 spiro atoms. The number of pyridine rings is 1. The van der Waals surface area contributed by atoms with Crippen LogP contribution >= 0.6 is 0 Å². The number of hydrogen-bond donors (Lipinski definition) is 2. The Labute approximate surface area is 148 Å². The van der Waals surface area contributed by atoms with Crippen LogP contribution in [0.2, 0.25) is 0 Å². The average Bonchev–Trinajstić information content (AvgIpc) is 3.22. The van der Waals surface area contributed by atoms with Gasteiger partial charge in [0.15, 0.2) is 0 Å². The first-order valence-corrected chi connectivity index (χ1v) is 9.28. The van der Waals surface area contributed by atoms with Crippen LogP contribution in [0.4, 0.5) is 5.69 Å². The van der Waals surface area contributed by atoms with Crippen LogP contribution in [0.15, 0.2) is 22.9 Å². The first kappa shape index (κ1) is 16.5. The third kappa shape index (κ3) is 3.15. The van der Waals surface area contributed by atoms with Crippen LogP contribution in [0.5, 0.6) is 0 Å². The fourth-order valence-electron chi connectivity index (χ4n) is 4.23. The first-order valence-electron chi connectivity index (χ1n) is 9.28. The van der Waals surface area contributed by atoms with Gasteiger partial charge in [-0.3, -0.25) is 4.98 Å². The van der Waals surface area contributed by atoms with Crippen LogP contribution in [0.25, 0.3) is 11.5 Å². The molecule has 2 fully saturated rings. The van der Waals surface area contributed by atoms with Crippen LogP contribution in [0, 0.1) is 0 Å². The molecule has 2 aromatic heterocycles. The Morgan fingerprint density at radius 2 is 2.12 bits per heavy atom. The van der Waals surface area contributed by atoms with Gasteiger partial charge in [0.1, 0.15) is 5.69 Å². The molecule has 0 unspecified atom stereocenters. The lowest BCUT2D eigenvalue weighted by Crippen LogP contribution is -2.43. The molecule has 25 heavy (non-hydrogen) atoms. The zero-order chi connectivity index (χ0) is 17.5. The van der Waals surface area contributed by atoms with Crippen molar-refractivity contribution in [3.8, 4) is 11.5 Å². The second-order valence-electron chi connectivity index (χ2n) is 8.39. The Hall–Kier alpha value is -1.95. The highest BCUT2D eigenvalue weighted by molar-refractivity contribution is 5.54.